The molecular weight excluding hydrogens is 294 g/mol. The molecule has 2 saturated heterocycles. The summed E-state index contributed by atoms with van der Waals surface area (Å²) < 4.78 is 0. The number of carbonyl (C=O) groups excluding carboxylic acids is 3. The van der Waals surface area contributed by atoms with Crippen molar-refractivity contribution in [2.75, 3.05) is 19.6 Å². The molecule has 6 nitrogen and oxygen atoms in total. The van der Waals surface area contributed by atoms with Gasteiger partial charge in [-0.2, -0.15) is 0 Å². The molecular formula is C14H14ClN3O3. The van der Waals surface area contributed by atoms with E-state index in [9.17, 15) is 14.4 Å². The Morgan fingerprint density at radius 3 is 2.71 bits per heavy atom. The highest BCUT2D eigenvalue weighted by molar-refractivity contribution is 6.33. The normalized spacial score (nSPS) is 21.9. The van der Waals surface area contributed by atoms with Gasteiger partial charge in [-0.05, 0) is 18.6 Å². The Bertz CT molecular complexity index is 603. The van der Waals surface area contributed by atoms with Gasteiger partial charge in [0.1, 0.15) is 0 Å². The molecule has 0 bridgehead atoms. The van der Waals surface area contributed by atoms with Crippen LogP contribution in [0.3, 0.4) is 0 Å². The SMILES string of the molecule is O=C(c1ccccc1Cl)N1CCC(N2C(=O)CNC2=O)C1. The third-order valence-corrected chi connectivity index (χ3v) is 4.13. The summed E-state index contributed by atoms with van der Waals surface area (Å²) in [5.74, 6) is -0.410. The number of hydrogen-bond donors (Lipinski definition) is 1. The molecule has 0 spiro atoms. The lowest BCUT2D eigenvalue weighted by atomic mass is 10.2. The van der Waals surface area contributed by atoms with E-state index in [2.05, 4.69) is 5.32 Å². The maximum absolute atomic E-state index is 12.4. The van der Waals surface area contributed by atoms with Gasteiger partial charge in [-0.1, -0.05) is 23.7 Å². The van der Waals surface area contributed by atoms with Crippen molar-refractivity contribution in [1.29, 1.82) is 0 Å². The lowest BCUT2D eigenvalue weighted by Crippen LogP contribution is -2.42. The second-order valence-electron chi connectivity index (χ2n) is 5.10. The zero-order valence-corrected chi connectivity index (χ0v) is 12.0. The zero-order valence-electron chi connectivity index (χ0n) is 11.2. The van der Waals surface area contributed by atoms with Gasteiger partial charge in [0, 0.05) is 13.1 Å². The van der Waals surface area contributed by atoms with Crippen molar-refractivity contribution in [2.45, 2.75) is 12.5 Å². The highest BCUT2D eigenvalue weighted by Gasteiger charge is 2.39. The van der Waals surface area contributed by atoms with Crippen molar-refractivity contribution in [3.05, 3.63) is 34.9 Å². The van der Waals surface area contributed by atoms with Crippen LogP contribution in [0.5, 0.6) is 0 Å². The second kappa shape index (κ2) is 5.37. The molecule has 3 rings (SSSR count). The summed E-state index contributed by atoms with van der Waals surface area (Å²) in [7, 11) is 0. The van der Waals surface area contributed by atoms with Crippen LogP contribution in [0, 0.1) is 0 Å². The van der Waals surface area contributed by atoms with Crippen molar-refractivity contribution in [2.24, 2.45) is 0 Å². The predicted octanol–water partition coefficient (Wildman–Crippen LogP) is 1.11. The largest absolute Gasteiger partial charge is 0.336 e. The number of hydrogen-bond acceptors (Lipinski definition) is 3. The van der Waals surface area contributed by atoms with Gasteiger partial charge >= 0.3 is 6.03 Å². The minimum absolute atomic E-state index is 0.0355. The van der Waals surface area contributed by atoms with Crippen LogP contribution in [0.15, 0.2) is 24.3 Å². The number of nitrogens with one attached hydrogen (secondary N) is 1. The first-order chi connectivity index (χ1) is 10.1. The highest BCUT2D eigenvalue weighted by atomic mass is 35.5. The number of rotatable bonds is 2. The fourth-order valence-corrected chi connectivity index (χ4v) is 2.96. The van der Waals surface area contributed by atoms with Crippen LogP contribution in [0.1, 0.15) is 16.8 Å². The Morgan fingerprint density at radius 1 is 1.29 bits per heavy atom. The summed E-state index contributed by atoms with van der Waals surface area (Å²) in [6.07, 6.45) is 0.593. The Balaban J connectivity index is 1.73. The second-order valence-corrected chi connectivity index (χ2v) is 5.50. The number of amides is 4. The van der Waals surface area contributed by atoms with Gasteiger partial charge in [-0.3, -0.25) is 14.5 Å². The Kier molecular flexibility index (Phi) is 3.55. The fraction of sp³-hybridized carbons (Fsp3) is 0.357. The molecule has 0 aliphatic carbocycles. The monoisotopic (exact) mass is 307 g/mol. The van der Waals surface area contributed by atoms with E-state index in [0.29, 0.717) is 30.1 Å². The van der Waals surface area contributed by atoms with Crippen molar-refractivity contribution in [3.8, 4) is 0 Å². The fourth-order valence-electron chi connectivity index (χ4n) is 2.75. The maximum Gasteiger partial charge on any atom is 0.324 e. The smallest absolute Gasteiger partial charge is 0.324 e. The summed E-state index contributed by atoms with van der Waals surface area (Å²) in [6, 6.07) is 6.22. The highest BCUT2D eigenvalue weighted by Crippen LogP contribution is 2.23. The molecule has 0 aromatic heterocycles. The Hall–Kier alpha value is -2.08. The zero-order chi connectivity index (χ0) is 15.0. The molecule has 1 aromatic carbocycles. The molecule has 2 heterocycles. The van der Waals surface area contributed by atoms with E-state index in [0.717, 1.165) is 0 Å². The van der Waals surface area contributed by atoms with Crippen LogP contribution in [0.4, 0.5) is 4.79 Å². The third-order valence-electron chi connectivity index (χ3n) is 3.80. The van der Waals surface area contributed by atoms with E-state index in [1.165, 1.54) is 4.90 Å². The van der Waals surface area contributed by atoms with Gasteiger partial charge in [0.25, 0.3) is 5.91 Å². The standard InChI is InChI=1S/C14H14ClN3O3/c15-11-4-2-1-3-10(11)13(20)17-6-5-9(8-17)18-12(19)7-16-14(18)21/h1-4,9H,5-8H2,(H,16,21). The molecule has 0 saturated carbocycles. The molecule has 2 aliphatic rings. The van der Waals surface area contributed by atoms with Crippen LogP contribution in [0.25, 0.3) is 0 Å². The lowest BCUT2D eigenvalue weighted by molar-refractivity contribution is -0.126. The summed E-state index contributed by atoms with van der Waals surface area (Å²) in [4.78, 5) is 38.6. The molecule has 1 unspecified atom stereocenters. The van der Waals surface area contributed by atoms with Crippen molar-refractivity contribution >= 4 is 29.4 Å². The summed E-state index contributed by atoms with van der Waals surface area (Å²) >= 11 is 6.03. The van der Waals surface area contributed by atoms with Gasteiger partial charge in [-0.25, -0.2) is 4.79 Å². The van der Waals surface area contributed by atoms with Gasteiger partial charge in [-0.15, -0.1) is 0 Å². The first kappa shape index (κ1) is 13.9. The van der Waals surface area contributed by atoms with Crippen LogP contribution in [0.2, 0.25) is 5.02 Å². The molecule has 110 valence electrons. The minimum atomic E-state index is -0.378. The predicted molar refractivity (Wildman–Crippen MR) is 76.0 cm³/mol. The van der Waals surface area contributed by atoms with Crippen LogP contribution < -0.4 is 5.32 Å². The quantitative estimate of drug-likeness (QED) is 0.832. The average Bonchev–Trinajstić information content (AvgIpc) is 3.06. The van der Waals surface area contributed by atoms with E-state index in [4.69, 9.17) is 11.6 Å². The van der Waals surface area contributed by atoms with Crippen LogP contribution >= 0.6 is 11.6 Å². The molecule has 21 heavy (non-hydrogen) atoms. The van der Waals surface area contributed by atoms with E-state index in [-0.39, 0.29) is 30.4 Å². The van der Waals surface area contributed by atoms with Gasteiger partial charge < -0.3 is 10.2 Å². The number of carbonyl (C=O) groups is 3. The molecule has 1 atom stereocenters. The summed E-state index contributed by atoms with van der Waals surface area (Å²) in [5.41, 5.74) is 0.442. The number of halogens is 1. The Labute approximate surface area is 126 Å². The van der Waals surface area contributed by atoms with Crippen molar-refractivity contribution in [1.82, 2.24) is 15.1 Å². The molecule has 0 radical (unpaired) electrons. The molecule has 4 amide bonds. The number of imide groups is 1. The lowest BCUT2D eigenvalue weighted by Gasteiger charge is -2.21. The number of benzene rings is 1. The van der Waals surface area contributed by atoms with Crippen molar-refractivity contribution in [3.63, 3.8) is 0 Å². The summed E-state index contributed by atoms with van der Waals surface area (Å²) in [6.45, 7) is 0.892. The van der Waals surface area contributed by atoms with Crippen LogP contribution in [-0.2, 0) is 4.79 Å². The van der Waals surface area contributed by atoms with Crippen molar-refractivity contribution < 1.29 is 14.4 Å². The number of likely N-dealkylation sites (tertiary alicyclic amines) is 1. The molecule has 1 aromatic rings. The van der Waals surface area contributed by atoms with Gasteiger partial charge in [0.15, 0.2) is 0 Å². The summed E-state index contributed by atoms with van der Waals surface area (Å²) in [5, 5.41) is 2.90. The van der Waals surface area contributed by atoms with E-state index in [1.807, 2.05) is 0 Å². The minimum Gasteiger partial charge on any atom is -0.336 e. The maximum atomic E-state index is 12.4. The first-order valence-corrected chi connectivity index (χ1v) is 7.09. The van der Waals surface area contributed by atoms with Crippen LogP contribution in [-0.4, -0.2) is 53.3 Å². The van der Waals surface area contributed by atoms with E-state index in [1.54, 1.807) is 29.2 Å². The van der Waals surface area contributed by atoms with E-state index < -0.39 is 0 Å². The average molecular weight is 308 g/mol. The molecule has 2 fully saturated rings. The van der Waals surface area contributed by atoms with E-state index >= 15 is 0 Å². The third kappa shape index (κ3) is 2.47. The van der Waals surface area contributed by atoms with Gasteiger partial charge in [0.05, 0.1) is 23.2 Å². The first-order valence-electron chi connectivity index (χ1n) is 6.71. The molecule has 7 heteroatoms. The Morgan fingerprint density at radius 2 is 2.05 bits per heavy atom. The van der Waals surface area contributed by atoms with Gasteiger partial charge in [0.2, 0.25) is 5.91 Å². The number of nitrogens with zero attached hydrogens (tertiary/aromatic N) is 2. The topological polar surface area (TPSA) is 69.7 Å². The molecule has 1 N–H and O–H groups in total. The molecule has 2 aliphatic heterocycles. The number of urea groups is 1.